The first kappa shape index (κ1) is 16.5. The van der Waals surface area contributed by atoms with Gasteiger partial charge in [0.2, 0.25) is 5.91 Å². The summed E-state index contributed by atoms with van der Waals surface area (Å²) in [6.07, 6.45) is 4.80. The van der Waals surface area contributed by atoms with E-state index >= 15 is 0 Å². The Morgan fingerprint density at radius 1 is 1.27 bits per heavy atom. The van der Waals surface area contributed by atoms with E-state index in [1.807, 2.05) is 32.2 Å². The molecule has 2 rings (SSSR count). The van der Waals surface area contributed by atoms with Gasteiger partial charge in [-0.05, 0) is 68.5 Å². The van der Waals surface area contributed by atoms with E-state index in [4.69, 9.17) is 0 Å². The lowest BCUT2D eigenvalue weighted by atomic mass is 10.2. The third-order valence-corrected chi connectivity index (χ3v) is 3.94. The normalized spacial score (nSPS) is 10.5. The van der Waals surface area contributed by atoms with Gasteiger partial charge in [-0.25, -0.2) is 9.97 Å². The number of nitrogens with zero attached hydrogens (tertiary/aromatic N) is 2. The number of anilines is 1. The quantitative estimate of drug-likeness (QED) is 0.607. The van der Waals surface area contributed by atoms with Gasteiger partial charge in [-0.3, -0.25) is 4.79 Å². The van der Waals surface area contributed by atoms with Gasteiger partial charge in [0.1, 0.15) is 0 Å². The second kappa shape index (κ2) is 8.51. The van der Waals surface area contributed by atoms with Crippen LogP contribution >= 0.6 is 11.8 Å². The molecule has 0 saturated heterocycles. The zero-order valence-corrected chi connectivity index (χ0v) is 13.6. The van der Waals surface area contributed by atoms with Crippen LogP contribution in [0.15, 0.2) is 46.7 Å². The van der Waals surface area contributed by atoms with Crippen LogP contribution in [0.3, 0.4) is 0 Å². The summed E-state index contributed by atoms with van der Waals surface area (Å²) in [6.45, 7) is 2.83. The number of benzene rings is 1. The molecule has 6 heteroatoms. The summed E-state index contributed by atoms with van der Waals surface area (Å²) >= 11 is 1.50. The highest BCUT2D eigenvalue weighted by Gasteiger charge is 2.06. The molecule has 116 valence electrons. The molecule has 0 aliphatic rings. The predicted octanol–water partition coefficient (Wildman–Crippen LogP) is 2.87. The van der Waals surface area contributed by atoms with E-state index in [0.29, 0.717) is 11.6 Å². The lowest BCUT2D eigenvalue weighted by molar-refractivity contribution is -0.116. The lowest BCUT2D eigenvalue weighted by Crippen LogP contribution is -2.15. The largest absolute Gasteiger partial charge is 0.326 e. The standard InChI is InChI=1S/C16H20N4OS/c1-12-11-13(22-16-18-9-4-10-19-16)6-7-14(12)20-15(21)5-3-8-17-2/h4,6-7,9-11,17H,3,5,8H2,1-2H3,(H,20,21). The molecule has 0 radical (unpaired) electrons. The minimum atomic E-state index is 0.0464. The first-order valence-electron chi connectivity index (χ1n) is 7.19. The zero-order chi connectivity index (χ0) is 15.8. The molecule has 0 aliphatic carbocycles. The number of hydrogen-bond donors (Lipinski definition) is 2. The maximum Gasteiger partial charge on any atom is 0.224 e. The molecular formula is C16H20N4OS. The SMILES string of the molecule is CNCCCC(=O)Nc1ccc(Sc2ncccn2)cc1C. The molecule has 1 aromatic heterocycles. The second-order valence-corrected chi connectivity index (χ2v) is 5.91. The van der Waals surface area contributed by atoms with Crippen molar-refractivity contribution in [3.63, 3.8) is 0 Å². The van der Waals surface area contributed by atoms with Gasteiger partial charge in [0.25, 0.3) is 0 Å². The van der Waals surface area contributed by atoms with Crippen LogP contribution < -0.4 is 10.6 Å². The fourth-order valence-electron chi connectivity index (χ4n) is 1.92. The second-order valence-electron chi connectivity index (χ2n) is 4.87. The molecule has 22 heavy (non-hydrogen) atoms. The van der Waals surface area contributed by atoms with E-state index in [9.17, 15) is 4.79 Å². The van der Waals surface area contributed by atoms with Gasteiger partial charge >= 0.3 is 0 Å². The molecule has 0 atom stereocenters. The van der Waals surface area contributed by atoms with Crippen molar-refractivity contribution in [3.8, 4) is 0 Å². The third-order valence-electron chi connectivity index (χ3n) is 3.05. The first-order valence-corrected chi connectivity index (χ1v) is 8.00. The Bertz CT molecular complexity index is 619. The molecule has 0 spiro atoms. The molecule has 0 unspecified atom stereocenters. The van der Waals surface area contributed by atoms with Crippen LogP contribution in [0.4, 0.5) is 5.69 Å². The zero-order valence-electron chi connectivity index (χ0n) is 12.8. The minimum Gasteiger partial charge on any atom is -0.326 e. The van der Waals surface area contributed by atoms with Crippen LogP contribution in [0.2, 0.25) is 0 Å². The van der Waals surface area contributed by atoms with Crippen LogP contribution in [-0.2, 0) is 4.79 Å². The van der Waals surface area contributed by atoms with Crippen molar-refractivity contribution < 1.29 is 4.79 Å². The number of carbonyl (C=O) groups excluding carboxylic acids is 1. The maximum atomic E-state index is 11.9. The van der Waals surface area contributed by atoms with Crippen LogP contribution in [0.1, 0.15) is 18.4 Å². The number of rotatable bonds is 7. The molecule has 0 fully saturated rings. The van der Waals surface area contributed by atoms with Crippen molar-refractivity contribution in [2.75, 3.05) is 18.9 Å². The Hall–Kier alpha value is -1.92. The molecule has 1 amide bonds. The summed E-state index contributed by atoms with van der Waals surface area (Å²) in [5.41, 5.74) is 1.88. The smallest absolute Gasteiger partial charge is 0.224 e. The monoisotopic (exact) mass is 316 g/mol. The van der Waals surface area contributed by atoms with Crippen LogP contribution in [0, 0.1) is 6.92 Å². The van der Waals surface area contributed by atoms with Crippen LogP contribution in [0.5, 0.6) is 0 Å². The molecule has 0 bridgehead atoms. The van der Waals surface area contributed by atoms with Crippen molar-refractivity contribution in [2.45, 2.75) is 29.8 Å². The van der Waals surface area contributed by atoms with E-state index in [0.717, 1.165) is 29.1 Å². The molecule has 1 aromatic carbocycles. The molecular weight excluding hydrogens is 296 g/mol. The number of aryl methyl sites for hydroxylation is 1. The van der Waals surface area contributed by atoms with Gasteiger partial charge in [-0.2, -0.15) is 0 Å². The van der Waals surface area contributed by atoms with Gasteiger partial charge in [0.15, 0.2) is 5.16 Å². The fourth-order valence-corrected chi connectivity index (χ4v) is 2.73. The molecule has 2 N–H and O–H groups in total. The number of aromatic nitrogens is 2. The van der Waals surface area contributed by atoms with Gasteiger partial charge in [-0.1, -0.05) is 0 Å². The van der Waals surface area contributed by atoms with E-state index in [1.165, 1.54) is 11.8 Å². The number of nitrogens with one attached hydrogen (secondary N) is 2. The Balaban J connectivity index is 1.96. The van der Waals surface area contributed by atoms with E-state index in [-0.39, 0.29) is 5.91 Å². The summed E-state index contributed by atoms with van der Waals surface area (Å²) in [5, 5.41) is 6.70. The average molecular weight is 316 g/mol. The highest BCUT2D eigenvalue weighted by molar-refractivity contribution is 7.99. The van der Waals surface area contributed by atoms with Crippen molar-refractivity contribution >= 4 is 23.4 Å². The highest BCUT2D eigenvalue weighted by Crippen LogP contribution is 2.27. The Morgan fingerprint density at radius 3 is 2.73 bits per heavy atom. The van der Waals surface area contributed by atoms with Crippen molar-refractivity contribution in [1.29, 1.82) is 0 Å². The Kier molecular flexibility index (Phi) is 6.36. The molecule has 1 heterocycles. The number of carbonyl (C=O) groups is 1. The average Bonchev–Trinajstić information content (AvgIpc) is 2.51. The van der Waals surface area contributed by atoms with Crippen LogP contribution in [-0.4, -0.2) is 29.5 Å². The maximum absolute atomic E-state index is 11.9. The summed E-state index contributed by atoms with van der Waals surface area (Å²) in [6, 6.07) is 7.72. The first-order chi connectivity index (χ1) is 10.7. The summed E-state index contributed by atoms with van der Waals surface area (Å²) in [5.74, 6) is 0.0464. The summed E-state index contributed by atoms with van der Waals surface area (Å²) < 4.78 is 0. The number of amides is 1. The van der Waals surface area contributed by atoms with E-state index in [1.54, 1.807) is 18.5 Å². The van der Waals surface area contributed by atoms with E-state index < -0.39 is 0 Å². The van der Waals surface area contributed by atoms with Crippen molar-refractivity contribution in [3.05, 3.63) is 42.2 Å². The van der Waals surface area contributed by atoms with Gasteiger partial charge in [-0.15, -0.1) is 0 Å². The van der Waals surface area contributed by atoms with Gasteiger partial charge < -0.3 is 10.6 Å². The molecule has 5 nitrogen and oxygen atoms in total. The Labute approximate surface area is 135 Å². The summed E-state index contributed by atoms with van der Waals surface area (Å²) in [7, 11) is 1.88. The minimum absolute atomic E-state index is 0.0464. The van der Waals surface area contributed by atoms with Gasteiger partial charge in [0, 0.05) is 29.4 Å². The highest BCUT2D eigenvalue weighted by atomic mass is 32.2. The molecule has 2 aromatic rings. The molecule has 0 aliphatic heterocycles. The topological polar surface area (TPSA) is 66.9 Å². The van der Waals surface area contributed by atoms with Gasteiger partial charge in [0.05, 0.1) is 0 Å². The van der Waals surface area contributed by atoms with Crippen molar-refractivity contribution in [2.24, 2.45) is 0 Å². The predicted molar refractivity (Wildman–Crippen MR) is 89.1 cm³/mol. The fraction of sp³-hybridized carbons (Fsp3) is 0.312. The van der Waals surface area contributed by atoms with Crippen molar-refractivity contribution in [1.82, 2.24) is 15.3 Å². The Morgan fingerprint density at radius 2 is 2.05 bits per heavy atom. The van der Waals surface area contributed by atoms with E-state index in [2.05, 4.69) is 20.6 Å². The lowest BCUT2D eigenvalue weighted by Gasteiger charge is -2.10. The van der Waals surface area contributed by atoms with Crippen LogP contribution in [0.25, 0.3) is 0 Å². The summed E-state index contributed by atoms with van der Waals surface area (Å²) in [4.78, 5) is 21.3. The number of hydrogen-bond acceptors (Lipinski definition) is 5. The molecule has 0 saturated carbocycles. The third kappa shape index (κ3) is 5.13.